The summed E-state index contributed by atoms with van der Waals surface area (Å²) in [5.74, 6) is 0.752. The Morgan fingerprint density at radius 1 is 1.36 bits per heavy atom. The van der Waals surface area contributed by atoms with Crippen molar-refractivity contribution in [2.24, 2.45) is 0 Å². The van der Waals surface area contributed by atoms with Crippen LogP contribution in [0.2, 0.25) is 0 Å². The van der Waals surface area contributed by atoms with Crippen LogP contribution in [0.5, 0.6) is 0 Å². The molecule has 0 radical (unpaired) electrons. The second-order valence-corrected chi connectivity index (χ2v) is 7.16. The van der Waals surface area contributed by atoms with E-state index >= 15 is 0 Å². The lowest BCUT2D eigenvalue weighted by Crippen LogP contribution is -2.48. The highest BCUT2D eigenvalue weighted by molar-refractivity contribution is 7.99. The number of aromatic amines is 1. The molecule has 0 aromatic carbocycles. The number of nitrogens with zero attached hydrogens (tertiary/aromatic N) is 4. The first-order valence-electron chi connectivity index (χ1n) is 8.74. The molecule has 2 aliphatic heterocycles. The lowest BCUT2D eigenvalue weighted by molar-refractivity contribution is -0.0101. The average molecular weight is 370 g/mol. The quantitative estimate of drug-likeness (QED) is 0.539. The summed E-state index contributed by atoms with van der Waals surface area (Å²) in [5, 5.41) is 10.3. The normalized spacial score (nSPS) is 22.6. The predicted octanol–water partition coefficient (Wildman–Crippen LogP) is 0.0295. The van der Waals surface area contributed by atoms with Crippen LogP contribution in [0.1, 0.15) is 6.42 Å². The largest absolute Gasteiger partial charge is 0.379 e. The van der Waals surface area contributed by atoms with Crippen LogP contribution in [0.4, 0.5) is 4.79 Å². The van der Waals surface area contributed by atoms with Gasteiger partial charge in [-0.2, -0.15) is 5.10 Å². The number of carbonyl (C=O) groups is 1. The molecule has 0 saturated carbocycles. The van der Waals surface area contributed by atoms with Gasteiger partial charge in [0.15, 0.2) is 5.16 Å². The molecule has 1 atom stereocenters. The molecule has 0 spiro atoms. The smallest absolute Gasteiger partial charge is 0.317 e. The van der Waals surface area contributed by atoms with Gasteiger partial charge in [-0.25, -0.2) is 9.78 Å². The van der Waals surface area contributed by atoms with Crippen molar-refractivity contribution >= 4 is 17.8 Å². The maximum atomic E-state index is 12.4. The summed E-state index contributed by atoms with van der Waals surface area (Å²) < 4.78 is 11.3. The first kappa shape index (κ1) is 18.4. The molecule has 2 aliphatic rings. The van der Waals surface area contributed by atoms with E-state index in [1.807, 2.05) is 4.90 Å². The van der Waals surface area contributed by atoms with Gasteiger partial charge in [0.05, 0.1) is 19.3 Å². The molecule has 25 heavy (non-hydrogen) atoms. The number of ether oxygens (including phenoxy) is 2. The minimum absolute atomic E-state index is 0.0179. The Bertz CT molecular complexity index is 511. The van der Waals surface area contributed by atoms with Crippen LogP contribution in [0.15, 0.2) is 11.5 Å². The van der Waals surface area contributed by atoms with Crippen LogP contribution in [0, 0.1) is 0 Å². The molecule has 0 aliphatic carbocycles. The highest BCUT2D eigenvalue weighted by Crippen LogP contribution is 2.11. The van der Waals surface area contributed by atoms with Gasteiger partial charge in [-0.05, 0) is 6.42 Å². The topological polar surface area (TPSA) is 95.6 Å². The molecule has 2 amide bonds. The molecule has 9 nitrogen and oxygen atoms in total. The number of H-pyrrole nitrogens is 1. The number of morpholine rings is 1. The number of nitrogens with one attached hydrogen (secondary N) is 2. The molecule has 1 unspecified atom stereocenters. The monoisotopic (exact) mass is 370 g/mol. The molecule has 2 saturated heterocycles. The molecule has 10 heteroatoms. The molecule has 2 N–H and O–H groups in total. The second kappa shape index (κ2) is 9.95. The summed E-state index contributed by atoms with van der Waals surface area (Å²) in [4.78, 5) is 20.7. The van der Waals surface area contributed by atoms with Gasteiger partial charge >= 0.3 is 6.03 Å². The van der Waals surface area contributed by atoms with Crippen LogP contribution < -0.4 is 5.32 Å². The van der Waals surface area contributed by atoms with E-state index in [9.17, 15) is 4.79 Å². The summed E-state index contributed by atoms with van der Waals surface area (Å²) in [7, 11) is 0. The zero-order valence-corrected chi connectivity index (χ0v) is 15.2. The van der Waals surface area contributed by atoms with E-state index in [2.05, 4.69) is 25.4 Å². The number of thioether (sulfide) groups is 1. The zero-order chi connectivity index (χ0) is 17.3. The standard InChI is InChI=1S/C15H26N6O3S/c22-15(16-2-9-25-14-17-12-18-19-14)21-3-1-6-24-13(11-21)10-20-4-7-23-8-5-20/h12-13H,1-11H2,(H,16,22)(H,17,18,19). The van der Waals surface area contributed by atoms with E-state index < -0.39 is 0 Å². The van der Waals surface area contributed by atoms with Crippen molar-refractivity contribution in [2.75, 3.05) is 64.8 Å². The van der Waals surface area contributed by atoms with E-state index in [-0.39, 0.29) is 12.1 Å². The molecule has 3 rings (SSSR count). The lowest BCUT2D eigenvalue weighted by atomic mass is 10.3. The van der Waals surface area contributed by atoms with Gasteiger partial charge in [0, 0.05) is 51.6 Å². The van der Waals surface area contributed by atoms with Gasteiger partial charge in [-0.3, -0.25) is 10.00 Å². The lowest BCUT2D eigenvalue weighted by Gasteiger charge is -2.31. The number of aromatic nitrogens is 3. The average Bonchev–Trinajstić information content (AvgIpc) is 3.04. The highest BCUT2D eigenvalue weighted by Gasteiger charge is 2.24. The molecule has 2 fully saturated rings. The van der Waals surface area contributed by atoms with Crippen molar-refractivity contribution in [3.63, 3.8) is 0 Å². The first-order valence-corrected chi connectivity index (χ1v) is 9.72. The van der Waals surface area contributed by atoms with Crippen LogP contribution in [0.25, 0.3) is 0 Å². The molecular weight excluding hydrogens is 344 g/mol. The fraction of sp³-hybridized carbons (Fsp3) is 0.800. The minimum Gasteiger partial charge on any atom is -0.379 e. The van der Waals surface area contributed by atoms with Gasteiger partial charge in [0.2, 0.25) is 0 Å². The van der Waals surface area contributed by atoms with Gasteiger partial charge in [0.1, 0.15) is 6.33 Å². The Kier molecular flexibility index (Phi) is 7.34. The number of urea groups is 1. The van der Waals surface area contributed by atoms with Crippen LogP contribution in [0.3, 0.4) is 0 Å². The van der Waals surface area contributed by atoms with Crippen LogP contribution in [-0.2, 0) is 9.47 Å². The molecule has 0 bridgehead atoms. The van der Waals surface area contributed by atoms with Crippen molar-refractivity contribution in [3.8, 4) is 0 Å². The Morgan fingerprint density at radius 2 is 2.24 bits per heavy atom. The van der Waals surface area contributed by atoms with E-state index in [0.29, 0.717) is 19.7 Å². The zero-order valence-electron chi connectivity index (χ0n) is 14.4. The third-order valence-electron chi connectivity index (χ3n) is 4.21. The van der Waals surface area contributed by atoms with Crippen molar-refractivity contribution in [2.45, 2.75) is 17.7 Å². The number of hydrogen-bond acceptors (Lipinski definition) is 7. The predicted molar refractivity (Wildman–Crippen MR) is 93.7 cm³/mol. The molecule has 3 heterocycles. The number of carbonyl (C=O) groups excluding carboxylic acids is 1. The number of hydrogen-bond donors (Lipinski definition) is 2. The van der Waals surface area contributed by atoms with Crippen LogP contribution in [-0.4, -0.2) is 102 Å². The third kappa shape index (κ3) is 6.14. The maximum absolute atomic E-state index is 12.4. The Hall–Kier alpha value is -1.36. The van der Waals surface area contributed by atoms with Gasteiger partial charge in [0.25, 0.3) is 0 Å². The first-order chi connectivity index (χ1) is 12.3. The van der Waals surface area contributed by atoms with Crippen molar-refractivity contribution in [1.82, 2.24) is 30.3 Å². The van der Waals surface area contributed by atoms with Gasteiger partial charge in [-0.15, -0.1) is 0 Å². The van der Waals surface area contributed by atoms with E-state index in [1.165, 1.54) is 18.1 Å². The van der Waals surface area contributed by atoms with Crippen molar-refractivity contribution < 1.29 is 14.3 Å². The molecule has 1 aromatic rings. The fourth-order valence-electron chi connectivity index (χ4n) is 2.94. The SMILES string of the molecule is O=C(NCCSc1ncn[nH]1)N1CCCOC(CN2CCOCC2)C1. The van der Waals surface area contributed by atoms with E-state index in [4.69, 9.17) is 9.47 Å². The summed E-state index contributed by atoms with van der Waals surface area (Å²) in [6, 6.07) is -0.0179. The summed E-state index contributed by atoms with van der Waals surface area (Å²) in [5.41, 5.74) is 0. The Labute approximate surface area is 151 Å². The minimum atomic E-state index is -0.0179. The number of amides is 2. The maximum Gasteiger partial charge on any atom is 0.317 e. The third-order valence-corrected chi connectivity index (χ3v) is 5.09. The second-order valence-electron chi connectivity index (χ2n) is 6.08. The van der Waals surface area contributed by atoms with E-state index in [1.54, 1.807) is 0 Å². The Morgan fingerprint density at radius 3 is 3.04 bits per heavy atom. The highest BCUT2D eigenvalue weighted by atomic mass is 32.2. The molecular formula is C15H26N6O3S. The van der Waals surface area contributed by atoms with Gasteiger partial charge < -0.3 is 19.7 Å². The summed E-state index contributed by atoms with van der Waals surface area (Å²) in [6.07, 6.45) is 2.42. The molecule has 140 valence electrons. The van der Waals surface area contributed by atoms with Crippen LogP contribution >= 0.6 is 11.8 Å². The van der Waals surface area contributed by atoms with E-state index in [0.717, 1.165) is 56.7 Å². The number of rotatable bonds is 6. The Balaban J connectivity index is 1.39. The summed E-state index contributed by atoms with van der Waals surface area (Å²) >= 11 is 1.54. The molecule has 1 aromatic heterocycles. The van der Waals surface area contributed by atoms with Crippen molar-refractivity contribution in [1.29, 1.82) is 0 Å². The van der Waals surface area contributed by atoms with Crippen molar-refractivity contribution in [3.05, 3.63) is 6.33 Å². The summed E-state index contributed by atoms with van der Waals surface area (Å²) in [6.45, 7) is 6.96. The van der Waals surface area contributed by atoms with Gasteiger partial charge in [-0.1, -0.05) is 11.8 Å². The fourth-order valence-corrected chi connectivity index (χ4v) is 3.58.